The van der Waals surface area contributed by atoms with Crippen molar-refractivity contribution >= 4 is 29.7 Å². The van der Waals surface area contributed by atoms with Gasteiger partial charge >= 0.3 is 17.8 Å². The fourth-order valence-electron chi connectivity index (χ4n) is 2.61. The van der Waals surface area contributed by atoms with Crippen molar-refractivity contribution in [3.8, 4) is 0 Å². The molecule has 1 aliphatic carbocycles. The topological polar surface area (TPSA) is 116 Å². The predicted octanol–water partition coefficient (Wildman–Crippen LogP) is -1.42. The zero-order valence-corrected chi connectivity index (χ0v) is 12.3. The average Bonchev–Trinajstić information content (AvgIpc) is 3.08. The molecule has 22 heavy (non-hydrogen) atoms. The lowest BCUT2D eigenvalue weighted by molar-refractivity contribution is -0.144. The van der Waals surface area contributed by atoms with Gasteiger partial charge in [0.1, 0.15) is 6.54 Å². The maximum atomic E-state index is 12.2. The van der Waals surface area contributed by atoms with E-state index in [2.05, 4.69) is 10.6 Å². The third kappa shape index (κ3) is 3.07. The summed E-state index contributed by atoms with van der Waals surface area (Å²) in [4.78, 5) is 60.3. The van der Waals surface area contributed by atoms with Crippen molar-refractivity contribution < 1.29 is 24.0 Å². The summed E-state index contributed by atoms with van der Waals surface area (Å²) in [6, 6.07) is -1.01. The molecule has 0 aromatic heterocycles. The maximum Gasteiger partial charge on any atom is 0.334 e. The van der Waals surface area contributed by atoms with Gasteiger partial charge < -0.3 is 10.6 Å². The molecule has 0 radical (unpaired) electrons. The first kappa shape index (κ1) is 15.9. The van der Waals surface area contributed by atoms with Crippen molar-refractivity contribution in [2.45, 2.75) is 31.7 Å². The summed E-state index contributed by atoms with van der Waals surface area (Å²) < 4.78 is 0. The van der Waals surface area contributed by atoms with Crippen LogP contribution < -0.4 is 10.6 Å². The SMILES string of the molecule is CNC(=O)CNC(=O)CN1C(=O)C(=O)N(C2CCCC2)C1=O. The summed E-state index contributed by atoms with van der Waals surface area (Å²) in [7, 11) is 1.42. The van der Waals surface area contributed by atoms with E-state index in [0.717, 1.165) is 17.7 Å². The van der Waals surface area contributed by atoms with E-state index < -0.39 is 36.2 Å². The molecule has 1 heterocycles. The number of hydrogen-bond donors (Lipinski definition) is 2. The fraction of sp³-hybridized carbons (Fsp3) is 0.615. The number of hydrogen-bond acceptors (Lipinski definition) is 5. The molecule has 1 saturated heterocycles. The lowest BCUT2D eigenvalue weighted by Crippen LogP contribution is -2.44. The molecule has 120 valence electrons. The quantitative estimate of drug-likeness (QED) is 0.478. The molecule has 2 aliphatic rings. The van der Waals surface area contributed by atoms with Crippen LogP contribution in [0.1, 0.15) is 25.7 Å². The normalized spacial score (nSPS) is 19.0. The van der Waals surface area contributed by atoms with Crippen LogP contribution in [0.25, 0.3) is 0 Å². The summed E-state index contributed by atoms with van der Waals surface area (Å²) in [5.74, 6) is -2.95. The van der Waals surface area contributed by atoms with Crippen molar-refractivity contribution in [2.75, 3.05) is 20.1 Å². The Kier molecular flexibility index (Phi) is 4.74. The van der Waals surface area contributed by atoms with Gasteiger partial charge in [0.05, 0.1) is 6.54 Å². The Morgan fingerprint density at radius 3 is 2.32 bits per heavy atom. The lowest BCUT2D eigenvalue weighted by atomic mass is 10.2. The lowest BCUT2D eigenvalue weighted by Gasteiger charge is -2.20. The molecule has 2 N–H and O–H groups in total. The van der Waals surface area contributed by atoms with Gasteiger partial charge in [0.15, 0.2) is 0 Å². The molecule has 2 rings (SSSR count). The van der Waals surface area contributed by atoms with E-state index in [1.54, 1.807) is 0 Å². The zero-order chi connectivity index (χ0) is 16.3. The van der Waals surface area contributed by atoms with E-state index in [4.69, 9.17) is 0 Å². The maximum absolute atomic E-state index is 12.2. The Hall–Kier alpha value is -2.45. The van der Waals surface area contributed by atoms with Crippen LogP contribution in [0.15, 0.2) is 0 Å². The van der Waals surface area contributed by atoms with Crippen molar-refractivity contribution in [3.05, 3.63) is 0 Å². The number of carbonyl (C=O) groups excluding carboxylic acids is 5. The third-order valence-electron chi connectivity index (χ3n) is 3.80. The van der Waals surface area contributed by atoms with Gasteiger partial charge in [-0.15, -0.1) is 0 Å². The number of urea groups is 1. The number of likely N-dealkylation sites (N-methyl/N-ethyl adjacent to an activating group) is 1. The van der Waals surface area contributed by atoms with Crippen LogP contribution in [0.2, 0.25) is 0 Å². The van der Waals surface area contributed by atoms with Crippen LogP contribution in [0.3, 0.4) is 0 Å². The second-order valence-electron chi connectivity index (χ2n) is 5.24. The first-order valence-corrected chi connectivity index (χ1v) is 7.12. The van der Waals surface area contributed by atoms with E-state index in [0.29, 0.717) is 17.7 Å². The van der Waals surface area contributed by atoms with Crippen molar-refractivity contribution in [3.63, 3.8) is 0 Å². The predicted molar refractivity (Wildman–Crippen MR) is 73.3 cm³/mol. The van der Waals surface area contributed by atoms with Gasteiger partial charge in [0.2, 0.25) is 11.8 Å². The Labute approximate surface area is 127 Å². The molecule has 9 nitrogen and oxygen atoms in total. The standard InChI is InChI=1S/C13H18N4O5/c1-14-9(18)6-15-10(19)7-16-11(20)12(21)17(13(16)22)8-4-2-3-5-8/h8H,2-7H2,1H3,(H,14,18)(H,15,19). The Morgan fingerprint density at radius 1 is 1.09 bits per heavy atom. The van der Waals surface area contributed by atoms with Gasteiger partial charge in [-0.05, 0) is 12.8 Å². The van der Waals surface area contributed by atoms with Crippen molar-refractivity contribution in [1.29, 1.82) is 0 Å². The Morgan fingerprint density at radius 2 is 1.73 bits per heavy atom. The first-order valence-electron chi connectivity index (χ1n) is 7.12. The van der Waals surface area contributed by atoms with Gasteiger partial charge in [0, 0.05) is 13.1 Å². The third-order valence-corrected chi connectivity index (χ3v) is 3.80. The van der Waals surface area contributed by atoms with Crippen LogP contribution in [0.5, 0.6) is 0 Å². The van der Waals surface area contributed by atoms with Crippen LogP contribution in [-0.2, 0) is 19.2 Å². The molecule has 1 saturated carbocycles. The first-order chi connectivity index (χ1) is 10.5. The van der Waals surface area contributed by atoms with E-state index >= 15 is 0 Å². The van der Waals surface area contributed by atoms with Gasteiger partial charge in [0.25, 0.3) is 0 Å². The highest BCUT2D eigenvalue weighted by Gasteiger charge is 2.48. The van der Waals surface area contributed by atoms with Gasteiger partial charge in [-0.3, -0.25) is 24.1 Å². The highest BCUT2D eigenvalue weighted by Crippen LogP contribution is 2.27. The van der Waals surface area contributed by atoms with Crippen LogP contribution in [-0.4, -0.2) is 65.6 Å². The zero-order valence-electron chi connectivity index (χ0n) is 12.3. The number of imide groups is 2. The molecule has 2 fully saturated rings. The number of carbonyl (C=O) groups is 5. The number of rotatable bonds is 5. The van der Waals surface area contributed by atoms with E-state index in [-0.39, 0.29) is 12.6 Å². The molecule has 0 spiro atoms. The molecule has 6 amide bonds. The van der Waals surface area contributed by atoms with Crippen LogP contribution >= 0.6 is 0 Å². The second kappa shape index (κ2) is 6.54. The molecule has 9 heteroatoms. The second-order valence-corrected chi connectivity index (χ2v) is 5.24. The molecule has 0 aromatic rings. The summed E-state index contributed by atoms with van der Waals surface area (Å²) in [5, 5.41) is 4.59. The molecular formula is C13H18N4O5. The Bertz CT molecular complexity index is 527. The van der Waals surface area contributed by atoms with Gasteiger partial charge in [-0.25, -0.2) is 9.69 Å². The van der Waals surface area contributed by atoms with Crippen LogP contribution in [0.4, 0.5) is 4.79 Å². The molecule has 0 unspecified atom stereocenters. The molecule has 0 aromatic carbocycles. The summed E-state index contributed by atoms with van der Waals surface area (Å²) >= 11 is 0. The molecular weight excluding hydrogens is 292 g/mol. The van der Waals surface area contributed by atoms with E-state index in [1.807, 2.05) is 0 Å². The number of nitrogens with one attached hydrogen (secondary N) is 2. The van der Waals surface area contributed by atoms with E-state index in [9.17, 15) is 24.0 Å². The molecule has 0 atom stereocenters. The number of amides is 6. The highest BCUT2D eigenvalue weighted by molar-refractivity contribution is 6.45. The molecule has 0 bridgehead atoms. The van der Waals surface area contributed by atoms with Crippen molar-refractivity contribution in [2.24, 2.45) is 0 Å². The monoisotopic (exact) mass is 310 g/mol. The molecule has 1 aliphatic heterocycles. The van der Waals surface area contributed by atoms with Gasteiger partial charge in [-0.1, -0.05) is 12.8 Å². The summed E-state index contributed by atoms with van der Waals surface area (Å²) in [5.41, 5.74) is 0. The van der Waals surface area contributed by atoms with E-state index in [1.165, 1.54) is 7.05 Å². The fourth-order valence-corrected chi connectivity index (χ4v) is 2.61. The van der Waals surface area contributed by atoms with Crippen LogP contribution in [0, 0.1) is 0 Å². The highest BCUT2D eigenvalue weighted by atomic mass is 16.2. The van der Waals surface area contributed by atoms with Gasteiger partial charge in [-0.2, -0.15) is 0 Å². The largest absolute Gasteiger partial charge is 0.358 e. The average molecular weight is 310 g/mol. The number of nitrogens with zero attached hydrogens (tertiary/aromatic N) is 2. The summed E-state index contributed by atoms with van der Waals surface area (Å²) in [6.45, 7) is -0.824. The summed E-state index contributed by atoms with van der Waals surface area (Å²) in [6.07, 6.45) is 3.17. The Balaban J connectivity index is 1.97. The smallest absolute Gasteiger partial charge is 0.334 e. The minimum absolute atomic E-state index is 0.258. The minimum Gasteiger partial charge on any atom is -0.358 e. The minimum atomic E-state index is -0.994. The van der Waals surface area contributed by atoms with Crippen molar-refractivity contribution in [1.82, 2.24) is 20.4 Å².